The summed E-state index contributed by atoms with van der Waals surface area (Å²) in [5.41, 5.74) is -0.300. The Balaban J connectivity index is 2.56. The van der Waals surface area contributed by atoms with Crippen LogP contribution in [-0.2, 0) is 19.4 Å². The lowest BCUT2D eigenvalue weighted by Crippen LogP contribution is -2.32. The van der Waals surface area contributed by atoms with Gasteiger partial charge in [-0.3, -0.25) is 9.59 Å². The number of nitriles is 1. The molecule has 0 radical (unpaired) electrons. The van der Waals surface area contributed by atoms with E-state index in [-0.39, 0.29) is 23.1 Å². The topological polar surface area (TPSA) is 136 Å². The van der Waals surface area contributed by atoms with Crippen molar-refractivity contribution in [3.63, 3.8) is 0 Å². The van der Waals surface area contributed by atoms with Crippen molar-refractivity contribution in [3.05, 3.63) is 11.8 Å². The molecule has 1 amide bonds. The van der Waals surface area contributed by atoms with Crippen molar-refractivity contribution in [1.29, 1.82) is 5.26 Å². The summed E-state index contributed by atoms with van der Waals surface area (Å²) in [6.45, 7) is -0.588. The fraction of sp³-hybridized carbons (Fsp3) is 0.500. The van der Waals surface area contributed by atoms with Gasteiger partial charge in [-0.1, -0.05) is 0 Å². The van der Waals surface area contributed by atoms with E-state index in [4.69, 9.17) is 10.4 Å². The summed E-state index contributed by atoms with van der Waals surface area (Å²) < 4.78 is 22.4. The second kappa shape index (κ2) is 6.19. The van der Waals surface area contributed by atoms with Crippen LogP contribution in [-0.4, -0.2) is 49.5 Å². The molecule has 9 heteroatoms. The van der Waals surface area contributed by atoms with Crippen LogP contribution in [0.1, 0.15) is 6.42 Å². The standard InChI is InChI=1S/C10H13N3O5S/c11-3-7(10(16)13-5-9(14)15)4-12-8-1-2-19(17,18)6-8/h4,8,12H,1-2,5-6H2,(H,13,16)(H,14,15)/b7-4-. The number of sulfone groups is 1. The minimum absolute atomic E-state index is 0.0427. The fourth-order valence-electron chi connectivity index (χ4n) is 1.53. The van der Waals surface area contributed by atoms with Gasteiger partial charge in [-0.25, -0.2) is 8.42 Å². The summed E-state index contributed by atoms with van der Waals surface area (Å²) in [5.74, 6) is -2.01. The number of nitrogens with zero attached hydrogens (tertiary/aromatic N) is 1. The SMILES string of the molecule is N#C/C(=C/NC1CCS(=O)(=O)C1)C(=O)NCC(=O)O. The van der Waals surface area contributed by atoms with Gasteiger partial charge < -0.3 is 15.7 Å². The number of nitrogens with one attached hydrogen (secondary N) is 2. The van der Waals surface area contributed by atoms with E-state index in [0.29, 0.717) is 6.42 Å². The first kappa shape index (κ1) is 15.0. The highest BCUT2D eigenvalue weighted by Gasteiger charge is 2.27. The summed E-state index contributed by atoms with van der Waals surface area (Å²) in [6.07, 6.45) is 1.52. The smallest absolute Gasteiger partial charge is 0.322 e. The van der Waals surface area contributed by atoms with Crippen LogP contribution in [0.3, 0.4) is 0 Å². The Hall–Kier alpha value is -2.08. The van der Waals surface area contributed by atoms with Crippen molar-refractivity contribution in [3.8, 4) is 6.07 Å². The van der Waals surface area contributed by atoms with Gasteiger partial charge in [0.2, 0.25) is 0 Å². The molecular weight excluding hydrogens is 274 g/mol. The molecule has 3 N–H and O–H groups in total. The Bertz CT molecular complexity index is 546. The van der Waals surface area contributed by atoms with Gasteiger partial charge in [-0.2, -0.15) is 5.26 Å². The molecule has 0 aromatic carbocycles. The average Bonchev–Trinajstić information content (AvgIpc) is 2.67. The zero-order valence-electron chi connectivity index (χ0n) is 9.92. The highest BCUT2D eigenvalue weighted by atomic mass is 32.2. The second-order valence-electron chi connectivity index (χ2n) is 4.01. The third-order valence-electron chi connectivity index (χ3n) is 2.46. The highest BCUT2D eigenvalue weighted by molar-refractivity contribution is 7.91. The molecule has 0 aromatic rings. The van der Waals surface area contributed by atoms with Gasteiger partial charge in [0.25, 0.3) is 5.91 Å². The highest BCUT2D eigenvalue weighted by Crippen LogP contribution is 2.11. The molecule has 8 nitrogen and oxygen atoms in total. The van der Waals surface area contributed by atoms with Gasteiger partial charge >= 0.3 is 5.97 Å². The fourth-order valence-corrected chi connectivity index (χ4v) is 3.21. The predicted octanol–water partition coefficient (Wildman–Crippen LogP) is -1.63. The van der Waals surface area contributed by atoms with E-state index < -0.39 is 28.3 Å². The lowest BCUT2D eigenvalue weighted by atomic mass is 10.2. The number of amides is 1. The van der Waals surface area contributed by atoms with E-state index in [0.717, 1.165) is 6.20 Å². The van der Waals surface area contributed by atoms with E-state index >= 15 is 0 Å². The third-order valence-corrected chi connectivity index (χ3v) is 4.23. The molecule has 0 aliphatic carbocycles. The number of hydrogen-bond acceptors (Lipinski definition) is 6. The first-order valence-electron chi connectivity index (χ1n) is 5.41. The van der Waals surface area contributed by atoms with E-state index in [9.17, 15) is 18.0 Å². The van der Waals surface area contributed by atoms with Crippen LogP contribution in [0.2, 0.25) is 0 Å². The van der Waals surface area contributed by atoms with Crippen LogP contribution in [0.25, 0.3) is 0 Å². The van der Waals surface area contributed by atoms with Gasteiger partial charge in [0.15, 0.2) is 9.84 Å². The summed E-state index contributed by atoms with van der Waals surface area (Å²) in [7, 11) is -3.04. The predicted molar refractivity (Wildman–Crippen MR) is 64.5 cm³/mol. The normalized spacial score (nSPS) is 21.4. The molecule has 1 saturated heterocycles. The number of carboxylic acid groups (broad SMARTS) is 1. The van der Waals surface area contributed by atoms with Crippen LogP contribution in [0, 0.1) is 11.3 Å². The molecule has 1 fully saturated rings. The summed E-state index contributed by atoms with van der Waals surface area (Å²) in [4.78, 5) is 21.6. The molecule has 19 heavy (non-hydrogen) atoms. The lowest BCUT2D eigenvalue weighted by Gasteiger charge is -2.08. The van der Waals surface area contributed by atoms with Gasteiger partial charge in [-0.05, 0) is 6.42 Å². The average molecular weight is 287 g/mol. The number of carboxylic acids is 1. The number of carbonyl (C=O) groups excluding carboxylic acids is 1. The van der Waals surface area contributed by atoms with Crippen molar-refractivity contribution in [2.75, 3.05) is 18.1 Å². The first-order valence-corrected chi connectivity index (χ1v) is 7.23. The first-order chi connectivity index (χ1) is 8.84. The number of aliphatic carboxylic acids is 1. The quantitative estimate of drug-likeness (QED) is 0.408. The number of carbonyl (C=O) groups is 2. The molecule has 1 aliphatic rings. The lowest BCUT2D eigenvalue weighted by molar-refractivity contribution is -0.137. The monoisotopic (exact) mass is 287 g/mol. The van der Waals surface area contributed by atoms with Crippen molar-refractivity contribution < 1.29 is 23.1 Å². The molecule has 1 aliphatic heterocycles. The zero-order valence-corrected chi connectivity index (χ0v) is 10.7. The van der Waals surface area contributed by atoms with Crippen LogP contribution in [0.5, 0.6) is 0 Å². The number of hydrogen-bond donors (Lipinski definition) is 3. The molecular formula is C10H13N3O5S. The molecule has 0 aromatic heterocycles. The Morgan fingerprint density at radius 3 is 2.63 bits per heavy atom. The van der Waals surface area contributed by atoms with Crippen LogP contribution in [0.15, 0.2) is 11.8 Å². The summed E-state index contributed by atoms with van der Waals surface area (Å²) >= 11 is 0. The molecule has 0 saturated carbocycles. The van der Waals surface area contributed by atoms with E-state index in [1.54, 1.807) is 6.07 Å². The van der Waals surface area contributed by atoms with E-state index in [1.165, 1.54) is 0 Å². The second-order valence-corrected chi connectivity index (χ2v) is 6.24. The zero-order chi connectivity index (χ0) is 14.5. The molecule has 1 atom stereocenters. The maximum atomic E-state index is 11.4. The van der Waals surface area contributed by atoms with Crippen molar-refractivity contribution in [2.24, 2.45) is 0 Å². The maximum absolute atomic E-state index is 11.4. The van der Waals surface area contributed by atoms with Gasteiger partial charge in [0.1, 0.15) is 18.2 Å². The van der Waals surface area contributed by atoms with Crippen molar-refractivity contribution in [1.82, 2.24) is 10.6 Å². The Labute approximate surface area is 110 Å². The summed E-state index contributed by atoms with van der Waals surface area (Å²) in [5, 5.41) is 21.9. The molecule has 1 heterocycles. The van der Waals surface area contributed by atoms with E-state index in [2.05, 4.69) is 5.32 Å². The third kappa shape index (κ3) is 4.97. The minimum Gasteiger partial charge on any atom is -0.480 e. The van der Waals surface area contributed by atoms with Crippen molar-refractivity contribution in [2.45, 2.75) is 12.5 Å². The van der Waals surface area contributed by atoms with Crippen LogP contribution in [0.4, 0.5) is 0 Å². The molecule has 0 bridgehead atoms. The van der Waals surface area contributed by atoms with Crippen LogP contribution >= 0.6 is 0 Å². The Kier molecular flexibility index (Phi) is 4.88. The van der Waals surface area contributed by atoms with E-state index in [1.807, 2.05) is 5.32 Å². The minimum atomic E-state index is -3.04. The van der Waals surface area contributed by atoms with Gasteiger partial charge in [0.05, 0.1) is 11.5 Å². The maximum Gasteiger partial charge on any atom is 0.322 e. The summed E-state index contributed by atoms with van der Waals surface area (Å²) in [6, 6.07) is 1.28. The van der Waals surface area contributed by atoms with Crippen LogP contribution < -0.4 is 10.6 Å². The molecule has 104 valence electrons. The molecule has 0 spiro atoms. The molecule has 1 rings (SSSR count). The Morgan fingerprint density at radius 2 is 2.16 bits per heavy atom. The number of rotatable bonds is 5. The Morgan fingerprint density at radius 1 is 1.47 bits per heavy atom. The van der Waals surface area contributed by atoms with Gasteiger partial charge in [0, 0.05) is 12.2 Å². The van der Waals surface area contributed by atoms with Gasteiger partial charge in [-0.15, -0.1) is 0 Å². The molecule has 1 unspecified atom stereocenters. The largest absolute Gasteiger partial charge is 0.480 e. The van der Waals surface area contributed by atoms with Crippen molar-refractivity contribution >= 4 is 21.7 Å².